The summed E-state index contributed by atoms with van der Waals surface area (Å²) in [5.74, 6) is 0.872. The van der Waals surface area contributed by atoms with E-state index in [1.807, 2.05) is 18.2 Å². The first-order valence-corrected chi connectivity index (χ1v) is 6.88. The van der Waals surface area contributed by atoms with E-state index < -0.39 is 0 Å². The third-order valence-electron chi connectivity index (χ3n) is 3.61. The van der Waals surface area contributed by atoms with Crippen molar-refractivity contribution in [2.24, 2.45) is 0 Å². The summed E-state index contributed by atoms with van der Waals surface area (Å²) < 4.78 is 11.1. The zero-order chi connectivity index (χ0) is 13.8. The van der Waals surface area contributed by atoms with Crippen LogP contribution in [0.4, 0.5) is 0 Å². The molecule has 2 aromatic carbocycles. The molecule has 20 heavy (non-hydrogen) atoms. The number of rotatable bonds is 3. The van der Waals surface area contributed by atoms with Crippen LogP contribution in [0.25, 0.3) is 5.57 Å². The van der Waals surface area contributed by atoms with Gasteiger partial charge in [0.15, 0.2) is 0 Å². The van der Waals surface area contributed by atoms with Crippen molar-refractivity contribution in [1.29, 1.82) is 0 Å². The van der Waals surface area contributed by atoms with Crippen molar-refractivity contribution >= 4 is 5.57 Å². The molecule has 2 heteroatoms. The van der Waals surface area contributed by atoms with E-state index in [-0.39, 0.29) is 6.10 Å². The summed E-state index contributed by atoms with van der Waals surface area (Å²) >= 11 is 0. The van der Waals surface area contributed by atoms with Crippen molar-refractivity contribution < 1.29 is 9.47 Å². The van der Waals surface area contributed by atoms with Crippen molar-refractivity contribution in [3.63, 3.8) is 0 Å². The van der Waals surface area contributed by atoms with E-state index in [0.717, 1.165) is 18.8 Å². The summed E-state index contributed by atoms with van der Waals surface area (Å²) in [4.78, 5) is 0. The Morgan fingerprint density at radius 2 is 1.75 bits per heavy atom. The number of hydrogen-bond donors (Lipinski definition) is 0. The van der Waals surface area contributed by atoms with Crippen molar-refractivity contribution in [2.45, 2.75) is 12.5 Å². The molecular weight excluding hydrogens is 248 g/mol. The molecule has 0 amide bonds. The largest absolute Gasteiger partial charge is 0.497 e. The normalized spacial score (nSPS) is 18.4. The van der Waals surface area contributed by atoms with E-state index >= 15 is 0 Å². The molecule has 1 unspecified atom stereocenters. The molecule has 0 saturated carbocycles. The fraction of sp³-hybridized carbons (Fsp3) is 0.222. The Kier molecular flexibility index (Phi) is 3.84. The lowest BCUT2D eigenvalue weighted by molar-refractivity contribution is 0.0827. The second-order valence-corrected chi connectivity index (χ2v) is 4.87. The fourth-order valence-electron chi connectivity index (χ4n) is 2.49. The quantitative estimate of drug-likeness (QED) is 0.827. The van der Waals surface area contributed by atoms with Gasteiger partial charge in [0.25, 0.3) is 0 Å². The number of methoxy groups -OCH3 is 1. The summed E-state index contributed by atoms with van der Waals surface area (Å²) in [6, 6.07) is 18.6. The zero-order valence-electron chi connectivity index (χ0n) is 11.6. The molecule has 0 N–H and O–H groups in total. The molecule has 0 fully saturated rings. The first kappa shape index (κ1) is 12.9. The molecule has 0 saturated heterocycles. The van der Waals surface area contributed by atoms with Crippen molar-refractivity contribution in [2.75, 3.05) is 13.7 Å². The second-order valence-electron chi connectivity index (χ2n) is 4.87. The molecule has 0 aliphatic carbocycles. The Balaban J connectivity index is 1.86. The topological polar surface area (TPSA) is 18.5 Å². The van der Waals surface area contributed by atoms with Crippen LogP contribution in [0.15, 0.2) is 60.7 Å². The van der Waals surface area contributed by atoms with Gasteiger partial charge in [-0.25, -0.2) is 0 Å². The highest BCUT2D eigenvalue weighted by Crippen LogP contribution is 2.31. The molecular formula is C18H18O2. The molecule has 1 aliphatic heterocycles. The van der Waals surface area contributed by atoms with Crippen LogP contribution in [0.2, 0.25) is 0 Å². The Labute approximate surface area is 119 Å². The first-order valence-electron chi connectivity index (χ1n) is 6.88. The van der Waals surface area contributed by atoms with Gasteiger partial charge in [-0.2, -0.15) is 0 Å². The van der Waals surface area contributed by atoms with Crippen LogP contribution < -0.4 is 4.74 Å². The van der Waals surface area contributed by atoms with Gasteiger partial charge < -0.3 is 9.47 Å². The van der Waals surface area contributed by atoms with Crippen LogP contribution >= 0.6 is 0 Å². The van der Waals surface area contributed by atoms with Crippen LogP contribution in [0.5, 0.6) is 5.75 Å². The van der Waals surface area contributed by atoms with E-state index in [1.165, 1.54) is 16.7 Å². The molecule has 2 nitrogen and oxygen atoms in total. The highest BCUT2D eigenvalue weighted by atomic mass is 16.5. The molecule has 0 radical (unpaired) electrons. The van der Waals surface area contributed by atoms with E-state index in [0.29, 0.717) is 0 Å². The second kappa shape index (κ2) is 5.93. The molecule has 0 spiro atoms. The maximum absolute atomic E-state index is 5.87. The lowest BCUT2D eigenvalue weighted by Crippen LogP contribution is -2.10. The molecule has 1 heterocycles. The summed E-state index contributed by atoms with van der Waals surface area (Å²) in [5.41, 5.74) is 3.81. The van der Waals surface area contributed by atoms with Gasteiger partial charge in [-0.3, -0.25) is 0 Å². The molecule has 1 aliphatic rings. The van der Waals surface area contributed by atoms with Gasteiger partial charge in [-0.05, 0) is 41.3 Å². The summed E-state index contributed by atoms with van der Waals surface area (Å²) in [6.45, 7) is 0.761. The van der Waals surface area contributed by atoms with Crippen LogP contribution in [0, 0.1) is 0 Å². The van der Waals surface area contributed by atoms with Gasteiger partial charge in [0.05, 0.1) is 13.7 Å². The van der Waals surface area contributed by atoms with Crippen molar-refractivity contribution in [1.82, 2.24) is 0 Å². The highest BCUT2D eigenvalue weighted by molar-refractivity contribution is 5.67. The van der Waals surface area contributed by atoms with Crippen LogP contribution in [-0.2, 0) is 4.74 Å². The Bertz CT molecular complexity index is 585. The maximum Gasteiger partial charge on any atom is 0.118 e. The van der Waals surface area contributed by atoms with Gasteiger partial charge in [0.2, 0.25) is 0 Å². The van der Waals surface area contributed by atoms with Crippen LogP contribution in [-0.4, -0.2) is 13.7 Å². The number of ether oxygens (including phenoxy) is 2. The average Bonchev–Trinajstić information content (AvgIpc) is 2.56. The monoisotopic (exact) mass is 266 g/mol. The third-order valence-corrected chi connectivity index (χ3v) is 3.61. The molecule has 2 aromatic rings. The standard InChI is InChI=1S/C18H18O2/c1-19-17-9-7-15(8-10-17)18-13-16(11-12-20-18)14-5-3-2-4-6-14/h2-10,13,18H,11-12H2,1H3. The van der Waals surface area contributed by atoms with E-state index in [2.05, 4.69) is 42.5 Å². The summed E-state index contributed by atoms with van der Waals surface area (Å²) in [5, 5.41) is 0. The Morgan fingerprint density at radius 3 is 2.45 bits per heavy atom. The molecule has 0 bridgehead atoms. The van der Waals surface area contributed by atoms with Gasteiger partial charge >= 0.3 is 0 Å². The lowest BCUT2D eigenvalue weighted by atomic mass is 9.97. The van der Waals surface area contributed by atoms with E-state index in [9.17, 15) is 0 Å². The summed E-state index contributed by atoms with van der Waals surface area (Å²) in [7, 11) is 1.68. The molecule has 0 aromatic heterocycles. The maximum atomic E-state index is 5.87. The first-order chi connectivity index (χ1) is 9.86. The molecule has 102 valence electrons. The van der Waals surface area contributed by atoms with Crippen LogP contribution in [0.1, 0.15) is 23.7 Å². The number of benzene rings is 2. The van der Waals surface area contributed by atoms with Crippen LogP contribution in [0.3, 0.4) is 0 Å². The SMILES string of the molecule is COc1ccc(C2C=C(c3ccccc3)CCO2)cc1. The Morgan fingerprint density at radius 1 is 1.00 bits per heavy atom. The van der Waals surface area contributed by atoms with E-state index in [1.54, 1.807) is 7.11 Å². The minimum atomic E-state index is 0.0323. The van der Waals surface area contributed by atoms with Crippen molar-refractivity contribution in [3.05, 3.63) is 71.8 Å². The van der Waals surface area contributed by atoms with Gasteiger partial charge in [-0.1, -0.05) is 42.5 Å². The minimum absolute atomic E-state index is 0.0323. The third kappa shape index (κ3) is 2.75. The predicted octanol–water partition coefficient (Wildman–Crippen LogP) is 4.24. The smallest absolute Gasteiger partial charge is 0.118 e. The molecule has 3 rings (SSSR count). The zero-order valence-corrected chi connectivity index (χ0v) is 11.6. The Hall–Kier alpha value is -2.06. The summed E-state index contributed by atoms with van der Waals surface area (Å²) in [6.07, 6.45) is 3.22. The lowest BCUT2D eigenvalue weighted by Gasteiger charge is -2.23. The van der Waals surface area contributed by atoms with Gasteiger partial charge in [0.1, 0.15) is 11.9 Å². The highest BCUT2D eigenvalue weighted by Gasteiger charge is 2.16. The minimum Gasteiger partial charge on any atom is -0.497 e. The average molecular weight is 266 g/mol. The number of hydrogen-bond acceptors (Lipinski definition) is 2. The fourth-order valence-corrected chi connectivity index (χ4v) is 2.49. The molecule has 1 atom stereocenters. The predicted molar refractivity (Wildman–Crippen MR) is 80.7 cm³/mol. The van der Waals surface area contributed by atoms with Gasteiger partial charge in [0, 0.05) is 0 Å². The van der Waals surface area contributed by atoms with Gasteiger partial charge in [-0.15, -0.1) is 0 Å². The van der Waals surface area contributed by atoms with Crippen molar-refractivity contribution in [3.8, 4) is 5.75 Å². The van der Waals surface area contributed by atoms with E-state index in [4.69, 9.17) is 9.47 Å².